The van der Waals surface area contributed by atoms with Gasteiger partial charge in [0.25, 0.3) is 0 Å². The molecule has 0 aromatic rings. The molecule has 6 heteroatoms. The number of carbonyl (C=O) groups is 3. The summed E-state index contributed by atoms with van der Waals surface area (Å²) < 4.78 is 0. The fourth-order valence-corrected chi connectivity index (χ4v) is 2.44. The SMILES string of the molecule is CCC1NCC(=O)N(CC(=O)N(CC)C2CC2)C1=O. The van der Waals surface area contributed by atoms with Crippen molar-refractivity contribution in [1.29, 1.82) is 0 Å². The lowest BCUT2D eigenvalue weighted by Crippen LogP contribution is -2.60. The highest BCUT2D eigenvalue weighted by Crippen LogP contribution is 2.26. The minimum absolute atomic E-state index is 0.111. The summed E-state index contributed by atoms with van der Waals surface area (Å²) >= 11 is 0. The highest BCUT2D eigenvalue weighted by molar-refractivity contribution is 6.03. The maximum Gasteiger partial charge on any atom is 0.246 e. The van der Waals surface area contributed by atoms with Gasteiger partial charge in [0.15, 0.2) is 0 Å². The Labute approximate surface area is 113 Å². The van der Waals surface area contributed by atoms with Gasteiger partial charge in [0.2, 0.25) is 17.7 Å². The summed E-state index contributed by atoms with van der Waals surface area (Å²) in [6.45, 7) is 4.46. The first-order valence-electron chi connectivity index (χ1n) is 6.95. The second-order valence-electron chi connectivity index (χ2n) is 5.07. The smallest absolute Gasteiger partial charge is 0.246 e. The van der Waals surface area contributed by atoms with Gasteiger partial charge in [-0.2, -0.15) is 0 Å². The van der Waals surface area contributed by atoms with E-state index in [9.17, 15) is 14.4 Å². The van der Waals surface area contributed by atoms with Gasteiger partial charge in [0.05, 0.1) is 12.6 Å². The van der Waals surface area contributed by atoms with Gasteiger partial charge in [0.1, 0.15) is 6.54 Å². The lowest BCUT2D eigenvalue weighted by molar-refractivity contribution is -0.154. The number of carbonyl (C=O) groups excluding carboxylic acids is 3. The predicted octanol–water partition coefficient (Wildman–Crippen LogP) is -0.266. The van der Waals surface area contributed by atoms with Crippen molar-refractivity contribution < 1.29 is 14.4 Å². The summed E-state index contributed by atoms with van der Waals surface area (Å²) in [5.74, 6) is -0.711. The zero-order chi connectivity index (χ0) is 14.0. The van der Waals surface area contributed by atoms with Crippen LogP contribution in [0.25, 0.3) is 0 Å². The van der Waals surface area contributed by atoms with E-state index in [1.165, 1.54) is 0 Å². The van der Waals surface area contributed by atoms with E-state index in [1.807, 2.05) is 13.8 Å². The number of imide groups is 1. The third-order valence-electron chi connectivity index (χ3n) is 3.72. The Balaban J connectivity index is 2.01. The van der Waals surface area contributed by atoms with Crippen molar-refractivity contribution in [1.82, 2.24) is 15.1 Å². The minimum Gasteiger partial charge on any atom is -0.338 e. The van der Waals surface area contributed by atoms with E-state index in [4.69, 9.17) is 0 Å². The molecule has 1 saturated carbocycles. The number of hydrogen-bond donors (Lipinski definition) is 1. The van der Waals surface area contributed by atoms with E-state index in [1.54, 1.807) is 4.90 Å². The van der Waals surface area contributed by atoms with Crippen molar-refractivity contribution >= 4 is 17.7 Å². The van der Waals surface area contributed by atoms with Crippen LogP contribution < -0.4 is 5.32 Å². The Bertz CT molecular complexity index is 393. The molecule has 1 unspecified atom stereocenters. The molecular weight excluding hydrogens is 246 g/mol. The number of amides is 3. The molecule has 1 saturated heterocycles. The van der Waals surface area contributed by atoms with E-state index >= 15 is 0 Å². The lowest BCUT2D eigenvalue weighted by Gasteiger charge is -2.32. The van der Waals surface area contributed by atoms with Crippen molar-refractivity contribution in [2.24, 2.45) is 0 Å². The first kappa shape index (κ1) is 14.0. The zero-order valence-electron chi connectivity index (χ0n) is 11.5. The zero-order valence-corrected chi connectivity index (χ0v) is 11.5. The highest BCUT2D eigenvalue weighted by Gasteiger charge is 2.37. The number of piperazine rings is 1. The minimum atomic E-state index is -0.346. The molecule has 0 aromatic carbocycles. The predicted molar refractivity (Wildman–Crippen MR) is 69.2 cm³/mol. The van der Waals surface area contributed by atoms with Gasteiger partial charge in [0, 0.05) is 12.6 Å². The van der Waals surface area contributed by atoms with Gasteiger partial charge in [-0.15, -0.1) is 0 Å². The summed E-state index contributed by atoms with van der Waals surface area (Å²) in [6, 6.07) is -0.0332. The molecule has 0 bridgehead atoms. The molecule has 0 spiro atoms. The van der Waals surface area contributed by atoms with Crippen molar-refractivity contribution in [2.45, 2.75) is 45.2 Å². The van der Waals surface area contributed by atoms with Crippen LogP contribution in [0.15, 0.2) is 0 Å². The molecule has 2 aliphatic rings. The van der Waals surface area contributed by atoms with Crippen LogP contribution in [0.5, 0.6) is 0 Å². The van der Waals surface area contributed by atoms with Crippen LogP contribution >= 0.6 is 0 Å². The second-order valence-corrected chi connectivity index (χ2v) is 5.07. The van der Waals surface area contributed by atoms with E-state index in [-0.39, 0.29) is 36.9 Å². The Morgan fingerprint density at radius 1 is 1.37 bits per heavy atom. The van der Waals surface area contributed by atoms with Gasteiger partial charge < -0.3 is 4.90 Å². The topological polar surface area (TPSA) is 69.7 Å². The average Bonchev–Trinajstić information content (AvgIpc) is 3.20. The summed E-state index contributed by atoms with van der Waals surface area (Å²) in [7, 11) is 0. The van der Waals surface area contributed by atoms with Gasteiger partial charge in [-0.1, -0.05) is 6.92 Å². The Morgan fingerprint density at radius 3 is 2.58 bits per heavy atom. The number of rotatable bonds is 5. The summed E-state index contributed by atoms with van der Waals surface area (Å²) in [5, 5.41) is 2.88. The van der Waals surface area contributed by atoms with E-state index in [2.05, 4.69) is 5.32 Å². The third kappa shape index (κ3) is 2.94. The van der Waals surface area contributed by atoms with Gasteiger partial charge in [-0.3, -0.25) is 24.6 Å². The fourth-order valence-electron chi connectivity index (χ4n) is 2.44. The van der Waals surface area contributed by atoms with Gasteiger partial charge >= 0.3 is 0 Å². The van der Waals surface area contributed by atoms with Crippen molar-refractivity contribution in [3.63, 3.8) is 0 Å². The molecule has 2 rings (SSSR count). The molecule has 3 amide bonds. The number of nitrogens with zero attached hydrogens (tertiary/aromatic N) is 2. The van der Waals surface area contributed by atoms with E-state index < -0.39 is 0 Å². The van der Waals surface area contributed by atoms with Crippen LogP contribution in [0.4, 0.5) is 0 Å². The molecule has 19 heavy (non-hydrogen) atoms. The third-order valence-corrected chi connectivity index (χ3v) is 3.72. The Morgan fingerprint density at radius 2 is 2.05 bits per heavy atom. The Kier molecular flexibility index (Phi) is 4.19. The fraction of sp³-hybridized carbons (Fsp3) is 0.769. The van der Waals surface area contributed by atoms with Crippen LogP contribution in [0.3, 0.4) is 0 Å². The molecule has 1 heterocycles. The second kappa shape index (κ2) is 5.69. The monoisotopic (exact) mass is 267 g/mol. The van der Waals surface area contributed by atoms with Gasteiger partial charge in [-0.25, -0.2) is 0 Å². The standard InChI is InChI=1S/C13H21N3O3/c1-3-10-13(19)16(11(17)7-14-10)8-12(18)15(4-2)9-5-6-9/h9-10,14H,3-8H2,1-2H3. The first-order valence-corrected chi connectivity index (χ1v) is 6.95. The van der Waals surface area contributed by atoms with E-state index in [0.29, 0.717) is 19.0 Å². The van der Waals surface area contributed by atoms with Crippen LogP contribution in [0.1, 0.15) is 33.1 Å². The van der Waals surface area contributed by atoms with Crippen LogP contribution in [0.2, 0.25) is 0 Å². The summed E-state index contributed by atoms with van der Waals surface area (Å²) in [6.07, 6.45) is 2.68. The molecule has 1 aliphatic carbocycles. The summed E-state index contributed by atoms with van der Waals surface area (Å²) in [4.78, 5) is 38.9. The largest absolute Gasteiger partial charge is 0.338 e. The summed E-state index contributed by atoms with van der Waals surface area (Å²) in [5.41, 5.74) is 0. The Hall–Kier alpha value is -1.43. The maximum atomic E-state index is 12.2. The molecule has 106 valence electrons. The van der Waals surface area contributed by atoms with Crippen LogP contribution in [0, 0.1) is 0 Å². The van der Waals surface area contributed by atoms with E-state index in [0.717, 1.165) is 17.7 Å². The molecule has 2 fully saturated rings. The van der Waals surface area contributed by atoms with Crippen LogP contribution in [-0.2, 0) is 14.4 Å². The number of hydrogen-bond acceptors (Lipinski definition) is 4. The molecule has 0 radical (unpaired) electrons. The maximum absolute atomic E-state index is 12.2. The number of likely N-dealkylation sites (N-methyl/N-ethyl adjacent to an activating group) is 1. The van der Waals surface area contributed by atoms with Crippen LogP contribution in [-0.4, -0.2) is 59.2 Å². The average molecular weight is 267 g/mol. The molecule has 0 aromatic heterocycles. The molecule has 1 N–H and O–H groups in total. The first-order chi connectivity index (χ1) is 9.08. The number of nitrogens with one attached hydrogen (secondary N) is 1. The van der Waals surface area contributed by atoms with Crippen molar-refractivity contribution in [3.05, 3.63) is 0 Å². The quantitative estimate of drug-likeness (QED) is 0.696. The molecule has 1 aliphatic heterocycles. The normalized spacial score (nSPS) is 23.7. The van der Waals surface area contributed by atoms with Crippen molar-refractivity contribution in [2.75, 3.05) is 19.6 Å². The molecule has 1 atom stereocenters. The lowest BCUT2D eigenvalue weighted by atomic mass is 10.1. The molecular formula is C13H21N3O3. The van der Waals surface area contributed by atoms with Crippen molar-refractivity contribution in [3.8, 4) is 0 Å². The molecule has 6 nitrogen and oxygen atoms in total. The van der Waals surface area contributed by atoms with Gasteiger partial charge in [-0.05, 0) is 26.2 Å². The highest BCUT2D eigenvalue weighted by atomic mass is 16.2.